The number of phenols is 1. The molecule has 0 bridgehead atoms. The average Bonchev–Trinajstić information content (AvgIpc) is 2.75. The van der Waals surface area contributed by atoms with Crippen molar-refractivity contribution in [3.05, 3.63) is 33.4 Å². The van der Waals surface area contributed by atoms with Gasteiger partial charge in [0.15, 0.2) is 0 Å². The van der Waals surface area contributed by atoms with E-state index in [-0.39, 0.29) is 10.2 Å². The molecule has 0 saturated heterocycles. The lowest BCUT2D eigenvalue weighted by Gasteiger charge is -2.02. The van der Waals surface area contributed by atoms with Crippen LogP contribution in [-0.2, 0) is 0 Å². The van der Waals surface area contributed by atoms with Crippen LogP contribution in [0.25, 0.3) is 0 Å². The molecule has 0 aliphatic rings. The quantitative estimate of drug-likeness (QED) is 0.596. The van der Waals surface area contributed by atoms with Gasteiger partial charge in [-0.15, -0.1) is 11.3 Å². The highest BCUT2D eigenvalue weighted by atomic mass is 79.9. The van der Waals surface area contributed by atoms with Gasteiger partial charge in [-0.25, -0.2) is 9.37 Å². The molecule has 18 heavy (non-hydrogen) atoms. The molecule has 94 valence electrons. The van der Waals surface area contributed by atoms with Crippen LogP contribution in [0.15, 0.2) is 27.1 Å². The van der Waals surface area contributed by atoms with E-state index in [2.05, 4.69) is 31.4 Å². The topological polar surface area (TPSA) is 83.5 Å². The zero-order chi connectivity index (χ0) is 13.1. The Hall–Kier alpha value is -1.67. The largest absolute Gasteiger partial charge is 0.506 e. The van der Waals surface area contributed by atoms with Gasteiger partial charge < -0.3 is 10.8 Å². The van der Waals surface area contributed by atoms with Crippen LogP contribution in [0.1, 0.15) is 5.56 Å². The number of nitrogen functional groups attached to an aromatic ring is 1. The molecule has 1 aromatic heterocycles. The van der Waals surface area contributed by atoms with Crippen molar-refractivity contribution in [2.45, 2.75) is 0 Å². The summed E-state index contributed by atoms with van der Waals surface area (Å²) < 4.78 is 13.1. The van der Waals surface area contributed by atoms with E-state index >= 15 is 0 Å². The normalized spacial score (nSPS) is 11.0. The fourth-order valence-electron chi connectivity index (χ4n) is 1.15. The van der Waals surface area contributed by atoms with Crippen LogP contribution in [0.2, 0.25) is 0 Å². The summed E-state index contributed by atoms with van der Waals surface area (Å²) in [5, 5.41) is 15.7. The molecule has 0 saturated carbocycles. The number of halogens is 2. The van der Waals surface area contributed by atoms with Crippen molar-refractivity contribution in [1.29, 1.82) is 0 Å². The number of anilines is 2. The van der Waals surface area contributed by atoms with E-state index < -0.39 is 5.82 Å². The van der Waals surface area contributed by atoms with E-state index in [9.17, 15) is 9.50 Å². The molecule has 0 fully saturated rings. The summed E-state index contributed by atoms with van der Waals surface area (Å²) >= 11 is 4.24. The monoisotopic (exact) mass is 330 g/mol. The Morgan fingerprint density at radius 2 is 2.33 bits per heavy atom. The van der Waals surface area contributed by atoms with Crippen LogP contribution in [0.5, 0.6) is 5.75 Å². The number of rotatable bonds is 3. The lowest BCUT2D eigenvalue weighted by atomic mass is 10.2. The minimum atomic E-state index is -0.537. The van der Waals surface area contributed by atoms with Crippen molar-refractivity contribution in [3.63, 3.8) is 0 Å². The van der Waals surface area contributed by atoms with Gasteiger partial charge in [0.25, 0.3) is 0 Å². The molecule has 0 radical (unpaired) electrons. The number of hydrogen-bond donors (Lipinski definition) is 3. The van der Waals surface area contributed by atoms with Crippen molar-refractivity contribution in [3.8, 4) is 5.75 Å². The number of hydrazone groups is 1. The second-order valence-corrected chi connectivity index (χ2v) is 4.90. The van der Waals surface area contributed by atoms with Crippen LogP contribution in [-0.4, -0.2) is 16.3 Å². The Kier molecular flexibility index (Phi) is 3.78. The van der Waals surface area contributed by atoms with E-state index in [1.807, 2.05) is 0 Å². The molecule has 1 aromatic carbocycles. The summed E-state index contributed by atoms with van der Waals surface area (Å²) in [6.45, 7) is 0. The maximum atomic E-state index is 13.1. The molecular formula is C10H8BrFN4OS. The molecule has 0 aliphatic carbocycles. The first-order valence-electron chi connectivity index (χ1n) is 4.75. The first-order chi connectivity index (χ1) is 8.58. The minimum Gasteiger partial charge on any atom is -0.506 e. The summed E-state index contributed by atoms with van der Waals surface area (Å²) in [4.78, 5) is 3.94. The molecule has 0 unspecified atom stereocenters. The molecule has 0 aliphatic heterocycles. The van der Waals surface area contributed by atoms with Crippen LogP contribution in [0.4, 0.5) is 15.3 Å². The molecule has 1 heterocycles. The Bertz CT molecular complexity index is 602. The van der Waals surface area contributed by atoms with Gasteiger partial charge in [-0.2, -0.15) is 5.10 Å². The number of nitrogens with zero attached hydrogens (tertiary/aromatic N) is 2. The highest BCUT2D eigenvalue weighted by Crippen LogP contribution is 2.29. The predicted octanol–water partition coefficient (Wildman–Crippen LogP) is 2.78. The highest BCUT2D eigenvalue weighted by Gasteiger charge is 2.08. The van der Waals surface area contributed by atoms with Gasteiger partial charge in [0.2, 0.25) is 5.13 Å². The lowest BCUT2D eigenvalue weighted by Crippen LogP contribution is -1.92. The zero-order valence-corrected chi connectivity index (χ0v) is 11.3. The van der Waals surface area contributed by atoms with E-state index in [0.717, 1.165) is 0 Å². The third-order valence-corrected chi connectivity index (χ3v) is 3.51. The Labute approximate surface area is 114 Å². The predicted molar refractivity (Wildman–Crippen MR) is 73.5 cm³/mol. The molecule has 0 amide bonds. The first-order valence-corrected chi connectivity index (χ1v) is 6.42. The van der Waals surface area contributed by atoms with E-state index in [1.54, 1.807) is 5.38 Å². The smallest absolute Gasteiger partial charge is 0.205 e. The second-order valence-electron chi connectivity index (χ2n) is 3.25. The molecule has 4 N–H and O–H groups in total. The number of aromatic hydroxyl groups is 1. The number of aromatic nitrogens is 1. The van der Waals surface area contributed by atoms with Crippen LogP contribution in [0, 0.1) is 5.82 Å². The number of hydrogen-bond acceptors (Lipinski definition) is 6. The lowest BCUT2D eigenvalue weighted by molar-refractivity contribution is 0.463. The molecule has 5 nitrogen and oxygen atoms in total. The van der Waals surface area contributed by atoms with Gasteiger partial charge in [0.1, 0.15) is 17.4 Å². The Morgan fingerprint density at radius 1 is 1.56 bits per heavy atom. The van der Waals surface area contributed by atoms with E-state index in [1.165, 1.54) is 29.7 Å². The van der Waals surface area contributed by atoms with Crippen molar-refractivity contribution < 1.29 is 9.50 Å². The highest BCUT2D eigenvalue weighted by molar-refractivity contribution is 9.10. The SMILES string of the molecule is Nc1csc(NN=Cc2ccc(F)c(Br)c2O)n1. The number of phenolic OH excluding ortho intramolecular Hbond substituents is 1. The molecule has 2 aromatic rings. The van der Waals surface area contributed by atoms with Crippen molar-refractivity contribution >= 4 is 44.4 Å². The van der Waals surface area contributed by atoms with Gasteiger partial charge in [-0.1, -0.05) is 0 Å². The minimum absolute atomic E-state index is 0.00458. The van der Waals surface area contributed by atoms with Gasteiger partial charge in [0.05, 0.1) is 10.7 Å². The van der Waals surface area contributed by atoms with Crippen molar-refractivity contribution in [1.82, 2.24) is 4.98 Å². The zero-order valence-electron chi connectivity index (χ0n) is 8.89. The average molecular weight is 331 g/mol. The summed E-state index contributed by atoms with van der Waals surface area (Å²) in [6.07, 6.45) is 1.36. The summed E-state index contributed by atoms with van der Waals surface area (Å²) in [6, 6.07) is 2.64. The summed E-state index contributed by atoms with van der Waals surface area (Å²) in [5.41, 5.74) is 8.47. The maximum absolute atomic E-state index is 13.1. The Balaban J connectivity index is 2.12. The molecule has 2 rings (SSSR count). The second kappa shape index (κ2) is 5.32. The summed E-state index contributed by atoms with van der Waals surface area (Å²) in [5.74, 6) is -0.338. The van der Waals surface area contributed by atoms with Crippen molar-refractivity contribution in [2.24, 2.45) is 5.10 Å². The van der Waals surface area contributed by atoms with Crippen LogP contribution < -0.4 is 11.2 Å². The fourth-order valence-corrected chi connectivity index (χ4v) is 2.06. The number of benzene rings is 1. The first kappa shape index (κ1) is 12.8. The van der Waals surface area contributed by atoms with E-state index in [0.29, 0.717) is 16.5 Å². The van der Waals surface area contributed by atoms with Gasteiger partial charge in [-0.3, -0.25) is 5.43 Å². The van der Waals surface area contributed by atoms with Gasteiger partial charge >= 0.3 is 0 Å². The van der Waals surface area contributed by atoms with Gasteiger partial charge in [0, 0.05) is 10.9 Å². The van der Waals surface area contributed by atoms with Gasteiger partial charge in [-0.05, 0) is 28.1 Å². The standard InChI is InChI=1S/C10H8BrFN4OS/c11-8-6(12)2-1-5(9(8)17)3-14-16-10-15-7(13)4-18-10/h1-4,17H,13H2,(H,15,16). The Morgan fingerprint density at radius 3 is 3.00 bits per heavy atom. The molecule has 8 heteroatoms. The number of thiazole rings is 1. The van der Waals surface area contributed by atoms with Crippen LogP contribution in [0.3, 0.4) is 0 Å². The molecule has 0 spiro atoms. The maximum Gasteiger partial charge on any atom is 0.205 e. The van der Waals surface area contributed by atoms with Crippen molar-refractivity contribution in [2.75, 3.05) is 11.2 Å². The molecular weight excluding hydrogens is 323 g/mol. The fraction of sp³-hybridized carbons (Fsp3) is 0. The molecule has 0 atom stereocenters. The van der Waals surface area contributed by atoms with Crippen LogP contribution >= 0.6 is 27.3 Å². The number of nitrogens with one attached hydrogen (secondary N) is 1. The third-order valence-electron chi connectivity index (χ3n) is 1.99. The van der Waals surface area contributed by atoms with E-state index in [4.69, 9.17) is 5.73 Å². The third kappa shape index (κ3) is 2.77. The number of nitrogens with two attached hydrogens (primary N) is 1. The summed E-state index contributed by atoms with van der Waals surface area (Å²) in [7, 11) is 0.